The van der Waals surface area contributed by atoms with Gasteiger partial charge in [0, 0.05) is 23.6 Å². The Bertz CT molecular complexity index is 948. The summed E-state index contributed by atoms with van der Waals surface area (Å²) in [7, 11) is -1.65. The van der Waals surface area contributed by atoms with E-state index < -0.39 is 22.3 Å². The van der Waals surface area contributed by atoms with Gasteiger partial charge in [0.15, 0.2) is 17.3 Å². The molecular weight excluding hydrogens is 340 g/mol. The summed E-state index contributed by atoms with van der Waals surface area (Å²) < 4.78 is 14.3. The number of hydrogen-bond donors (Lipinski definition) is 2. The van der Waals surface area contributed by atoms with Gasteiger partial charge < -0.3 is 10.2 Å². The monoisotopic (exact) mass is 356 g/mol. The second kappa shape index (κ2) is 6.90. The minimum atomic E-state index is -1.65. The first-order valence-electron chi connectivity index (χ1n) is 7.49. The molecule has 7 heteroatoms. The van der Waals surface area contributed by atoms with E-state index in [1.807, 2.05) is 31.2 Å². The van der Waals surface area contributed by atoms with Crippen LogP contribution in [0, 0.1) is 6.92 Å². The van der Waals surface area contributed by atoms with Crippen LogP contribution in [-0.2, 0) is 10.8 Å². The van der Waals surface area contributed by atoms with Crippen molar-refractivity contribution in [2.75, 3.05) is 5.75 Å². The van der Waals surface area contributed by atoms with E-state index in [1.54, 1.807) is 10.8 Å². The number of phenolic OH excluding ortho intramolecular Hbond substituents is 2. The van der Waals surface area contributed by atoms with E-state index in [1.165, 1.54) is 18.3 Å². The number of aromatic nitrogens is 2. The van der Waals surface area contributed by atoms with Gasteiger partial charge in [0.25, 0.3) is 0 Å². The van der Waals surface area contributed by atoms with E-state index in [-0.39, 0.29) is 22.2 Å². The number of benzene rings is 2. The summed E-state index contributed by atoms with van der Waals surface area (Å²) in [6, 6.07) is 11.4. The summed E-state index contributed by atoms with van der Waals surface area (Å²) >= 11 is 0. The molecule has 0 amide bonds. The first-order chi connectivity index (χ1) is 12.0. The van der Waals surface area contributed by atoms with Crippen molar-refractivity contribution in [2.45, 2.75) is 12.1 Å². The maximum Gasteiger partial charge on any atom is 0.204 e. The Labute approximate surface area is 146 Å². The number of aromatic hydroxyl groups is 2. The van der Waals surface area contributed by atoms with Gasteiger partial charge in [-0.25, -0.2) is 4.98 Å². The molecule has 0 aliphatic heterocycles. The molecule has 1 heterocycles. The highest BCUT2D eigenvalue weighted by Crippen LogP contribution is 2.25. The molecule has 0 radical (unpaired) electrons. The van der Waals surface area contributed by atoms with Crippen LogP contribution in [-0.4, -0.2) is 35.5 Å². The maximum absolute atomic E-state index is 12.6. The third-order valence-corrected chi connectivity index (χ3v) is 4.92. The van der Waals surface area contributed by atoms with Gasteiger partial charge >= 0.3 is 0 Å². The summed E-state index contributed by atoms with van der Waals surface area (Å²) in [5.74, 6) is -1.38. The van der Waals surface area contributed by atoms with Crippen molar-refractivity contribution >= 4 is 16.6 Å². The molecule has 128 valence electrons. The number of carbonyl (C=O) groups excluding carboxylic acids is 1. The second-order valence-corrected chi connectivity index (χ2v) is 6.88. The van der Waals surface area contributed by atoms with Crippen LogP contribution in [0.4, 0.5) is 0 Å². The summed E-state index contributed by atoms with van der Waals surface area (Å²) in [6.45, 7) is 1.97. The van der Waals surface area contributed by atoms with Crippen LogP contribution in [0.25, 0.3) is 5.69 Å². The highest BCUT2D eigenvalue weighted by molar-refractivity contribution is 7.85. The molecule has 0 bridgehead atoms. The molecule has 0 saturated heterocycles. The molecule has 2 N–H and O–H groups in total. The lowest BCUT2D eigenvalue weighted by Gasteiger charge is -2.08. The van der Waals surface area contributed by atoms with Crippen molar-refractivity contribution in [3.63, 3.8) is 0 Å². The van der Waals surface area contributed by atoms with Gasteiger partial charge in [-0.2, -0.15) is 0 Å². The minimum absolute atomic E-state index is 0.178. The van der Waals surface area contributed by atoms with Crippen LogP contribution in [0.5, 0.6) is 11.5 Å². The van der Waals surface area contributed by atoms with Crippen LogP contribution < -0.4 is 0 Å². The van der Waals surface area contributed by atoms with Crippen molar-refractivity contribution < 1.29 is 19.2 Å². The third-order valence-electron chi connectivity index (χ3n) is 3.68. The predicted octanol–water partition coefficient (Wildman–Crippen LogP) is 2.58. The zero-order valence-corrected chi connectivity index (χ0v) is 14.2. The normalized spacial score (nSPS) is 12.0. The number of phenols is 2. The molecule has 0 aliphatic rings. The Morgan fingerprint density at radius 1 is 1.12 bits per heavy atom. The van der Waals surface area contributed by atoms with Crippen LogP contribution in [0.1, 0.15) is 15.9 Å². The highest BCUT2D eigenvalue weighted by atomic mass is 32.2. The number of Topliss-reactive ketones (excluding diaryl/α,β-unsaturated/α-hetero) is 1. The average molecular weight is 356 g/mol. The van der Waals surface area contributed by atoms with Gasteiger partial charge in [0.2, 0.25) is 5.16 Å². The molecule has 3 aromatic rings. The van der Waals surface area contributed by atoms with Crippen molar-refractivity contribution in [2.24, 2.45) is 0 Å². The van der Waals surface area contributed by atoms with Crippen LogP contribution in [0.2, 0.25) is 0 Å². The predicted molar refractivity (Wildman–Crippen MR) is 93.7 cm³/mol. The number of ketones is 1. The maximum atomic E-state index is 12.6. The summed E-state index contributed by atoms with van der Waals surface area (Å²) in [5, 5.41) is 19.1. The van der Waals surface area contributed by atoms with Gasteiger partial charge in [0.1, 0.15) is 0 Å². The number of imidazole rings is 1. The van der Waals surface area contributed by atoms with E-state index in [4.69, 9.17) is 0 Å². The Kier molecular flexibility index (Phi) is 4.67. The fourth-order valence-corrected chi connectivity index (χ4v) is 3.42. The van der Waals surface area contributed by atoms with Gasteiger partial charge in [-0.05, 0) is 37.3 Å². The molecule has 3 rings (SSSR count). The topological polar surface area (TPSA) is 92.4 Å². The Morgan fingerprint density at radius 2 is 1.84 bits per heavy atom. The van der Waals surface area contributed by atoms with E-state index in [2.05, 4.69) is 4.98 Å². The Hall–Kier alpha value is -2.93. The number of nitrogens with zero attached hydrogens (tertiary/aromatic N) is 2. The van der Waals surface area contributed by atoms with Crippen molar-refractivity contribution in [1.82, 2.24) is 9.55 Å². The number of rotatable bonds is 5. The first kappa shape index (κ1) is 16.9. The fourth-order valence-electron chi connectivity index (χ4n) is 2.32. The smallest absolute Gasteiger partial charge is 0.204 e. The third kappa shape index (κ3) is 3.61. The molecule has 1 atom stereocenters. The fraction of sp³-hybridized carbons (Fsp3) is 0.111. The molecule has 0 spiro atoms. The van der Waals surface area contributed by atoms with Crippen molar-refractivity contribution in [1.29, 1.82) is 0 Å². The number of carbonyl (C=O) groups is 1. The molecule has 0 fully saturated rings. The lowest BCUT2D eigenvalue weighted by atomic mass is 10.1. The highest BCUT2D eigenvalue weighted by Gasteiger charge is 2.18. The Morgan fingerprint density at radius 3 is 2.52 bits per heavy atom. The lowest BCUT2D eigenvalue weighted by Crippen LogP contribution is -2.14. The van der Waals surface area contributed by atoms with Crippen LogP contribution >= 0.6 is 0 Å². The molecule has 0 saturated carbocycles. The number of hydrogen-bond acceptors (Lipinski definition) is 5. The van der Waals surface area contributed by atoms with E-state index >= 15 is 0 Å². The van der Waals surface area contributed by atoms with E-state index in [9.17, 15) is 19.2 Å². The van der Waals surface area contributed by atoms with E-state index in [0.29, 0.717) is 0 Å². The molecule has 6 nitrogen and oxygen atoms in total. The van der Waals surface area contributed by atoms with Gasteiger partial charge in [-0.3, -0.25) is 13.6 Å². The second-order valence-electron chi connectivity index (χ2n) is 5.53. The van der Waals surface area contributed by atoms with Gasteiger partial charge in [0.05, 0.1) is 16.6 Å². The summed E-state index contributed by atoms with van der Waals surface area (Å²) in [5.41, 5.74) is 2.09. The van der Waals surface area contributed by atoms with Gasteiger partial charge in [-0.1, -0.05) is 17.7 Å². The van der Waals surface area contributed by atoms with Crippen molar-refractivity contribution in [3.05, 3.63) is 66.0 Å². The zero-order valence-electron chi connectivity index (χ0n) is 13.4. The standard InChI is InChI=1S/C18H16N2O4S/c1-12-2-5-14(6-3-12)20-9-8-19-18(20)25(24)11-17(23)13-4-7-15(21)16(22)10-13/h2-10,21-22H,11H2,1H3. The largest absolute Gasteiger partial charge is 0.504 e. The molecule has 2 aromatic carbocycles. The number of aryl methyl sites for hydroxylation is 1. The molecule has 25 heavy (non-hydrogen) atoms. The average Bonchev–Trinajstić information content (AvgIpc) is 3.07. The first-order valence-corrected chi connectivity index (χ1v) is 8.81. The SMILES string of the molecule is Cc1ccc(-n2ccnc2S(=O)CC(=O)c2ccc(O)c(O)c2)cc1. The van der Waals surface area contributed by atoms with E-state index in [0.717, 1.165) is 17.3 Å². The summed E-state index contributed by atoms with van der Waals surface area (Å²) in [4.78, 5) is 16.4. The zero-order chi connectivity index (χ0) is 18.0. The molecule has 0 aliphatic carbocycles. The minimum Gasteiger partial charge on any atom is -0.504 e. The van der Waals surface area contributed by atoms with Crippen LogP contribution in [0.15, 0.2) is 60.0 Å². The molecule has 1 aromatic heterocycles. The molecular formula is C18H16N2O4S. The quantitative estimate of drug-likeness (QED) is 0.541. The van der Waals surface area contributed by atoms with Crippen molar-refractivity contribution in [3.8, 4) is 17.2 Å². The summed E-state index contributed by atoms with van der Waals surface area (Å²) in [6.07, 6.45) is 3.22. The molecule has 1 unspecified atom stereocenters. The van der Waals surface area contributed by atoms with Crippen LogP contribution in [0.3, 0.4) is 0 Å². The van der Waals surface area contributed by atoms with Gasteiger partial charge in [-0.15, -0.1) is 0 Å². The Balaban J connectivity index is 1.82. The lowest BCUT2D eigenvalue weighted by molar-refractivity contribution is 0.102.